The highest BCUT2D eigenvalue weighted by Gasteiger charge is 2.34. The second-order valence-electron chi connectivity index (χ2n) is 9.18. The lowest BCUT2D eigenvalue weighted by Crippen LogP contribution is -2.48. The molecule has 0 heterocycles. The zero-order valence-electron chi connectivity index (χ0n) is 19.9. The van der Waals surface area contributed by atoms with Gasteiger partial charge in [0.15, 0.2) is 0 Å². The molecule has 0 aliphatic heterocycles. The smallest absolute Gasteiger partial charge is 0.407 e. The van der Waals surface area contributed by atoms with Crippen molar-refractivity contribution < 1.29 is 24.2 Å². The summed E-state index contributed by atoms with van der Waals surface area (Å²) in [4.78, 5) is 37.0. The number of fused-ring (bicyclic) bond motifs is 3. The van der Waals surface area contributed by atoms with Crippen molar-refractivity contribution in [1.82, 2.24) is 10.6 Å². The van der Waals surface area contributed by atoms with Gasteiger partial charge >= 0.3 is 12.1 Å². The highest BCUT2D eigenvalue weighted by Crippen LogP contribution is 2.44. The number of hydrogen-bond donors (Lipinski definition) is 3. The first-order valence-electron chi connectivity index (χ1n) is 12.1. The van der Waals surface area contributed by atoms with E-state index in [1.807, 2.05) is 30.5 Å². The van der Waals surface area contributed by atoms with E-state index in [0.29, 0.717) is 25.1 Å². The van der Waals surface area contributed by atoms with Crippen LogP contribution in [-0.4, -0.2) is 54.3 Å². The number of carboxylic acids is 1. The van der Waals surface area contributed by atoms with Gasteiger partial charge in [-0.2, -0.15) is 11.8 Å². The third kappa shape index (κ3) is 5.81. The van der Waals surface area contributed by atoms with Crippen LogP contribution in [0.1, 0.15) is 42.7 Å². The molecule has 0 saturated heterocycles. The zero-order chi connectivity index (χ0) is 24.8. The molecule has 3 N–H and O–H groups in total. The van der Waals surface area contributed by atoms with Crippen LogP contribution in [0.3, 0.4) is 0 Å². The lowest BCUT2D eigenvalue weighted by atomic mass is 9.96. The number of benzene rings is 2. The molecule has 2 aromatic rings. The molecule has 2 aliphatic rings. The summed E-state index contributed by atoms with van der Waals surface area (Å²) in [6.07, 6.45) is 4.06. The Kier molecular flexibility index (Phi) is 8.33. The van der Waals surface area contributed by atoms with E-state index < -0.39 is 24.0 Å². The molecule has 0 aromatic heterocycles. The van der Waals surface area contributed by atoms with Crippen LogP contribution < -0.4 is 10.6 Å². The molecule has 0 bridgehead atoms. The number of carbonyl (C=O) groups is 3. The maximum atomic E-state index is 12.9. The largest absolute Gasteiger partial charge is 0.481 e. The number of aliphatic carboxylic acids is 1. The number of nitrogens with one attached hydrogen (secondary N) is 2. The Hall–Kier alpha value is -3.00. The maximum absolute atomic E-state index is 12.9. The van der Waals surface area contributed by atoms with Crippen molar-refractivity contribution in [3.63, 3.8) is 0 Å². The molecular formula is C27H32N2O5S. The number of carboxylic acid groups (broad SMARTS) is 1. The fraction of sp³-hybridized carbons (Fsp3) is 0.444. The van der Waals surface area contributed by atoms with Crippen LogP contribution in [0, 0.1) is 11.8 Å². The molecule has 3 atom stereocenters. The van der Waals surface area contributed by atoms with Crippen molar-refractivity contribution in [2.24, 2.45) is 11.8 Å². The van der Waals surface area contributed by atoms with Crippen LogP contribution in [0.15, 0.2) is 48.5 Å². The number of alkyl carbamates (subject to hydrolysis) is 1. The Labute approximate surface area is 210 Å². The molecule has 186 valence electrons. The van der Waals surface area contributed by atoms with Gasteiger partial charge in [0.25, 0.3) is 0 Å². The highest BCUT2D eigenvalue weighted by molar-refractivity contribution is 7.98. The monoisotopic (exact) mass is 496 g/mol. The van der Waals surface area contributed by atoms with Crippen molar-refractivity contribution in [2.75, 3.05) is 25.2 Å². The predicted molar refractivity (Wildman–Crippen MR) is 136 cm³/mol. The summed E-state index contributed by atoms with van der Waals surface area (Å²) in [6, 6.07) is 15.5. The molecule has 2 aliphatic carbocycles. The van der Waals surface area contributed by atoms with Crippen molar-refractivity contribution in [3.8, 4) is 11.1 Å². The van der Waals surface area contributed by atoms with Gasteiger partial charge < -0.3 is 20.5 Å². The van der Waals surface area contributed by atoms with Crippen LogP contribution in [-0.2, 0) is 14.3 Å². The SMILES string of the molecule is CSCCC(NC(=O)OCC1c2ccccc2-c2ccccc21)C(=O)NC[C@H]1CCC[C@H]1C(=O)O. The average Bonchev–Trinajstić information content (AvgIpc) is 3.47. The normalized spacial score (nSPS) is 19.5. The minimum atomic E-state index is -0.808. The van der Waals surface area contributed by atoms with E-state index >= 15 is 0 Å². The second-order valence-corrected chi connectivity index (χ2v) is 10.2. The van der Waals surface area contributed by atoms with Gasteiger partial charge in [-0.05, 0) is 59.4 Å². The van der Waals surface area contributed by atoms with E-state index in [4.69, 9.17) is 4.74 Å². The third-order valence-corrected chi connectivity index (χ3v) is 7.72. The topological polar surface area (TPSA) is 105 Å². The molecule has 8 heteroatoms. The van der Waals surface area contributed by atoms with Crippen LogP contribution in [0.2, 0.25) is 0 Å². The van der Waals surface area contributed by atoms with Gasteiger partial charge in [0, 0.05) is 12.5 Å². The van der Waals surface area contributed by atoms with Gasteiger partial charge in [-0.25, -0.2) is 4.79 Å². The first-order valence-corrected chi connectivity index (χ1v) is 13.5. The molecule has 0 radical (unpaired) electrons. The fourth-order valence-electron chi connectivity index (χ4n) is 5.25. The molecule has 1 fully saturated rings. The van der Waals surface area contributed by atoms with E-state index in [9.17, 15) is 19.5 Å². The Bertz CT molecular complexity index is 1030. The molecule has 35 heavy (non-hydrogen) atoms. The van der Waals surface area contributed by atoms with Crippen LogP contribution in [0.5, 0.6) is 0 Å². The third-order valence-electron chi connectivity index (χ3n) is 7.08. The molecular weight excluding hydrogens is 464 g/mol. The standard InChI is InChI=1S/C27H32N2O5S/c1-35-14-13-24(25(30)28-15-17-7-6-12-18(17)26(31)32)29-27(33)34-16-23-21-10-4-2-8-19(21)20-9-3-5-11-22(20)23/h2-5,8-11,17-18,23-24H,6-7,12-16H2,1H3,(H,28,30)(H,29,33)(H,31,32)/t17-,18-,24?/m1/s1. The van der Waals surface area contributed by atoms with Gasteiger partial charge in [0.2, 0.25) is 5.91 Å². The quantitative estimate of drug-likeness (QED) is 0.454. The van der Waals surface area contributed by atoms with Crippen LogP contribution in [0.25, 0.3) is 11.1 Å². The number of ether oxygens (including phenoxy) is 1. The van der Waals surface area contributed by atoms with E-state index in [-0.39, 0.29) is 24.3 Å². The van der Waals surface area contributed by atoms with Gasteiger partial charge in [-0.15, -0.1) is 0 Å². The summed E-state index contributed by atoms with van der Waals surface area (Å²) in [5.41, 5.74) is 4.56. The van der Waals surface area contributed by atoms with Crippen molar-refractivity contribution >= 4 is 29.7 Å². The van der Waals surface area contributed by atoms with Gasteiger partial charge in [0.1, 0.15) is 12.6 Å². The van der Waals surface area contributed by atoms with Gasteiger partial charge in [-0.1, -0.05) is 55.0 Å². The number of hydrogen-bond acceptors (Lipinski definition) is 5. The molecule has 2 amide bonds. The first-order chi connectivity index (χ1) is 17.0. The minimum Gasteiger partial charge on any atom is -0.481 e. The summed E-state index contributed by atoms with van der Waals surface area (Å²) >= 11 is 1.59. The zero-order valence-corrected chi connectivity index (χ0v) is 20.7. The summed E-state index contributed by atoms with van der Waals surface area (Å²) in [5, 5.41) is 15.0. The predicted octanol–water partition coefficient (Wildman–Crippen LogP) is 4.26. The fourth-order valence-corrected chi connectivity index (χ4v) is 5.72. The Morgan fingerprint density at radius 1 is 1.06 bits per heavy atom. The molecule has 1 saturated carbocycles. The molecule has 7 nitrogen and oxygen atoms in total. The van der Waals surface area contributed by atoms with E-state index in [1.165, 1.54) is 0 Å². The minimum absolute atomic E-state index is 0.0538. The summed E-state index contributed by atoms with van der Waals surface area (Å²) < 4.78 is 5.61. The lowest BCUT2D eigenvalue weighted by Gasteiger charge is -2.21. The molecule has 2 aromatic carbocycles. The summed E-state index contributed by atoms with van der Waals surface area (Å²) in [5.74, 6) is -0.965. The summed E-state index contributed by atoms with van der Waals surface area (Å²) in [7, 11) is 0. The molecule has 4 rings (SSSR count). The van der Waals surface area contributed by atoms with Gasteiger partial charge in [-0.3, -0.25) is 9.59 Å². The number of carbonyl (C=O) groups excluding carboxylic acids is 2. The van der Waals surface area contributed by atoms with Crippen LogP contribution >= 0.6 is 11.8 Å². The highest BCUT2D eigenvalue weighted by atomic mass is 32.2. The van der Waals surface area contributed by atoms with Crippen LogP contribution in [0.4, 0.5) is 4.79 Å². The Morgan fingerprint density at radius 2 is 1.71 bits per heavy atom. The molecule has 0 spiro atoms. The Morgan fingerprint density at radius 3 is 2.34 bits per heavy atom. The summed E-state index contributed by atoms with van der Waals surface area (Å²) in [6.45, 7) is 0.483. The number of rotatable bonds is 10. The number of thioether (sulfide) groups is 1. The molecule has 1 unspecified atom stereocenters. The van der Waals surface area contributed by atoms with Crippen molar-refractivity contribution in [2.45, 2.75) is 37.6 Å². The first kappa shape index (κ1) is 25.1. The lowest BCUT2D eigenvalue weighted by molar-refractivity contribution is -0.143. The van der Waals surface area contributed by atoms with E-state index in [2.05, 4.69) is 34.9 Å². The number of amides is 2. The van der Waals surface area contributed by atoms with Gasteiger partial charge in [0.05, 0.1) is 5.92 Å². The van der Waals surface area contributed by atoms with Crippen molar-refractivity contribution in [3.05, 3.63) is 59.7 Å². The second kappa shape index (κ2) is 11.6. The Balaban J connectivity index is 1.35. The maximum Gasteiger partial charge on any atom is 0.407 e. The van der Waals surface area contributed by atoms with Crippen molar-refractivity contribution in [1.29, 1.82) is 0 Å². The average molecular weight is 497 g/mol. The van der Waals surface area contributed by atoms with E-state index in [0.717, 1.165) is 35.1 Å². The van der Waals surface area contributed by atoms with E-state index in [1.54, 1.807) is 11.8 Å².